The van der Waals surface area contributed by atoms with Crippen LogP contribution in [0.1, 0.15) is 12.4 Å². The van der Waals surface area contributed by atoms with E-state index in [1.165, 1.54) is 12.4 Å². The van der Waals surface area contributed by atoms with Crippen molar-refractivity contribution < 1.29 is 18.6 Å². The third kappa shape index (κ3) is 4.99. The van der Waals surface area contributed by atoms with E-state index in [1.807, 2.05) is 4.90 Å². The van der Waals surface area contributed by atoms with Crippen LogP contribution < -0.4 is 0 Å². The molecule has 1 aromatic heterocycles. The van der Waals surface area contributed by atoms with Gasteiger partial charge in [0.15, 0.2) is 0 Å². The zero-order chi connectivity index (χ0) is 15.1. The largest absolute Gasteiger partial charge is 0.395 e. The highest BCUT2D eigenvalue weighted by molar-refractivity contribution is 4.93. The molecule has 1 N–H and O–H groups in total. The van der Waals surface area contributed by atoms with Crippen LogP contribution >= 0.6 is 0 Å². The molecule has 0 radical (unpaired) electrons. The molecule has 0 unspecified atom stereocenters. The van der Waals surface area contributed by atoms with Crippen LogP contribution in [0.4, 0.5) is 8.78 Å². The topological polar surface area (TPSA) is 53.8 Å². The van der Waals surface area contributed by atoms with Gasteiger partial charge in [-0.25, -0.2) is 4.98 Å². The third-order valence-electron chi connectivity index (χ3n) is 3.58. The van der Waals surface area contributed by atoms with Gasteiger partial charge < -0.3 is 9.84 Å². The second-order valence-corrected chi connectivity index (χ2v) is 4.98. The Morgan fingerprint density at radius 3 is 2.76 bits per heavy atom. The van der Waals surface area contributed by atoms with Crippen molar-refractivity contribution in [1.82, 2.24) is 19.4 Å². The molecule has 0 spiro atoms. The maximum absolute atomic E-state index is 12.8. The Bertz CT molecular complexity index is 411. The lowest BCUT2D eigenvalue weighted by Crippen LogP contribution is -2.42. The smallest absolute Gasteiger partial charge is 0.319 e. The molecule has 21 heavy (non-hydrogen) atoms. The molecule has 0 saturated carbocycles. The van der Waals surface area contributed by atoms with Gasteiger partial charge in [0.2, 0.25) is 0 Å². The lowest BCUT2D eigenvalue weighted by molar-refractivity contribution is 0.0308. The van der Waals surface area contributed by atoms with Crippen molar-refractivity contribution in [2.45, 2.75) is 13.1 Å². The SMILES string of the molecule is OCCN(CCN1CCOCC1)Cc1nccn1C(F)F. The first-order chi connectivity index (χ1) is 10.2. The summed E-state index contributed by atoms with van der Waals surface area (Å²) in [4.78, 5) is 8.19. The normalized spacial score (nSPS) is 17.0. The van der Waals surface area contributed by atoms with Gasteiger partial charge in [0.1, 0.15) is 5.82 Å². The molecule has 0 aliphatic carbocycles. The van der Waals surface area contributed by atoms with Gasteiger partial charge in [0.25, 0.3) is 0 Å². The highest BCUT2D eigenvalue weighted by atomic mass is 19.3. The van der Waals surface area contributed by atoms with Crippen LogP contribution in [-0.4, -0.2) is 77.0 Å². The molecule has 2 rings (SSSR count). The maximum atomic E-state index is 12.8. The van der Waals surface area contributed by atoms with Crippen molar-refractivity contribution in [1.29, 1.82) is 0 Å². The summed E-state index contributed by atoms with van der Waals surface area (Å²) in [6, 6.07) is 0. The van der Waals surface area contributed by atoms with Gasteiger partial charge in [-0.3, -0.25) is 14.4 Å². The van der Waals surface area contributed by atoms with E-state index in [4.69, 9.17) is 9.84 Å². The van der Waals surface area contributed by atoms with Gasteiger partial charge in [-0.15, -0.1) is 0 Å². The number of hydrogen-bond acceptors (Lipinski definition) is 5. The average Bonchev–Trinajstić information content (AvgIpc) is 2.94. The second-order valence-electron chi connectivity index (χ2n) is 4.98. The van der Waals surface area contributed by atoms with Crippen molar-refractivity contribution in [3.8, 4) is 0 Å². The van der Waals surface area contributed by atoms with Gasteiger partial charge >= 0.3 is 6.55 Å². The lowest BCUT2D eigenvalue weighted by atomic mass is 10.3. The molecule has 2 heterocycles. The summed E-state index contributed by atoms with van der Waals surface area (Å²) in [6.45, 7) is 2.94. The van der Waals surface area contributed by atoms with E-state index in [1.54, 1.807) is 0 Å². The van der Waals surface area contributed by atoms with Crippen molar-refractivity contribution in [2.24, 2.45) is 0 Å². The fraction of sp³-hybridized carbons (Fsp3) is 0.769. The number of rotatable bonds is 8. The predicted molar refractivity (Wildman–Crippen MR) is 73.1 cm³/mol. The zero-order valence-corrected chi connectivity index (χ0v) is 12.0. The molecule has 1 aliphatic heterocycles. The van der Waals surface area contributed by atoms with E-state index in [-0.39, 0.29) is 6.61 Å². The molecule has 1 aliphatic rings. The van der Waals surface area contributed by atoms with E-state index in [9.17, 15) is 8.78 Å². The first-order valence-electron chi connectivity index (χ1n) is 7.14. The minimum absolute atomic E-state index is 0.00149. The first kappa shape index (κ1) is 16.3. The fourth-order valence-electron chi connectivity index (χ4n) is 2.36. The number of halogens is 2. The molecule has 1 fully saturated rings. The van der Waals surface area contributed by atoms with E-state index in [2.05, 4.69) is 9.88 Å². The van der Waals surface area contributed by atoms with Crippen LogP contribution in [-0.2, 0) is 11.3 Å². The molecule has 0 bridgehead atoms. The fourth-order valence-corrected chi connectivity index (χ4v) is 2.36. The van der Waals surface area contributed by atoms with Gasteiger partial charge in [-0.2, -0.15) is 8.78 Å². The Kier molecular flexibility index (Phi) is 6.50. The minimum atomic E-state index is -2.59. The van der Waals surface area contributed by atoms with Crippen molar-refractivity contribution in [3.05, 3.63) is 18.2 Å². The molecule has 1 saturated heterocycles. The van der Waals surface area contributed by atoms with Crippen molar-refractivity contribution >= 4 is 0 Å². The summed E-state index contributed by atoms with van der Waals surface area (Å²) in [6.07, 6.45) is 2.65. The van der Waals surface area contributed by atoms with E-state index < -0.39 is 6.55 Å². The first-order valence-corrected chi connectivity index (χ1v) is 7.14. The molecule has 6 nitrogen and oxygen atoms in total. The molecule has 0 atom stereocenters. The van der Waals surface area contributed by atoms with Crippen LogP contribution in [0.5, 0.6) is 0 Å². The summed E-state index contributed by atoms with van der Waals surface area (Å²) in [5.74, 6) is 0.320. The van der Waals surface area contributed by atoms with E-state index >= 15 is 0 Å². The van der Waals surface area contributed by atoms with Crippen LogP contribution in [0.25, 0.3) is 0 Å². The highest BCUT2D eigenvalue weighted by Crippen LogP contribution is 2.14. The number of nitrogens with zero attached hydrogens (tertiary/aromatic N) is 4. The maximum Gasteiger partial charge on any atom is 0.319 e. The molecular weight excluding hydrogens is 282 g/mol. The van der Waals surface area contributed by atoms with Gasteiger partial charge in [0.05, 0.1) is 26.4 Å². The molecular formula is C13H22F2N4O2. The van der Waals surface area contributed by atoms with Crippen molar-refractivity contribution in [2.75, 3.05) is 52.5 Å². The Morgan fingerprint density at radius 1 is 1.33 bits per heavy atom. The highest BCUT2D eigenvalue weighted by Gasteiger charge is 2.16. The number of hydrogen-bond donors (Lipinski definition) is 1. The number of imidazole rings is 1. The molecule has 120 valence electrons. The summed E-state index contributed by atoms with van der Waals surface area (Å²) in [5, 5.41) is 9.13. The summed E-state index contributed by atoms with van der Waals surface area (Å²) >= 11 is 0. The Balaban J connectivity index is 1.87. The van der Waals surface area contributed by atoms with E-state index in [0.29, 0.717) is 25.5 Å². The summed E-state index contributed by atoms with van der Waals surface area (Å²) in [5.41, 5.74) is 0. The summed E-state index contributed by atoms with van der Waals surface area (Å²) < 4.78 is 31.8. The Hall–Kier alpha value is -1.09. The Labute approximate surface area is 122 Å². The van der Waals surface area contributed by atoms with E-state index in [0.717, 1.165) is 37.4 Å². The molecule has 0 aromatic carbocycles. The Morgan fingerprint density at radius 2 is 2.10 bits per heavy atom. The van der Waals surface area contributed by atoms with Crippen LogP contribution in [0.3, 0.4) is 0 Å². The van der Waals surface area contributed by atoms with Gasteiger partial charge in [0, 0.05) is 45.1 Å². The number of ether oxygens (including phenoxy) is 1. The quantitative estimate of drug-likeness (QED) is 0.754. The second kappa shape index (κ2) is 8.38. The number of aliphatic hydroxyl groups excluding tert-OH is 1. The number of morpholine rings is 1. The van der Waals surface area contributed by atoms with Crippen LogP contribution in [0, 0.1) is 0 Å². The molecule has 0 amide bonds. The standard InChI is InChI=1S/C13H22F2N4O2/c14-13(15)19-2-1-16-12(19)11-18(5-8-20)4-3-17-6-9-21-10-7-17/h1-2,13,20H,3-11H2. The monoisotopic (exact) mass is 304 g/mol. The summed E-state index contributed by atoms with van der Waals surface area (Å²) in [7, 11) is 0. The average molecular weight is 304 g/mol. The number of aliphatic hydroxyl groups is 1. The zero-order valence-electron chi connectivity index (χ0n) is 12.0. The third-order valence-corrected chi connectivity index (χ3v) is 3.58. The number of alkyl halides is 2. The van der Waals surface area contributed by atoms with Crippen LogP contribution in [0.2, 0.25) is 0 Å². The van der Waals surface area contributed by atoms with Crippen molar-refractivity contribution in [3.63, 3.8) is 0 Å². The minimum Gasteiger partial charge on any atom is -0.395 e. The van der Waals surface area contributed by atoms with Gasteiger partial charge in [-0.1, -0.05) is 0 Å². The van der Waals surface area contributed by atoms with Gasteiger partial charge in [-0.05, 0) is 0 Å². The van der Waals surface area contributed by atoms with Crippen LogP contribution in [0.15, 0.2) is 12.4 Å². The predicted octanol–water partition coefficient (Wildman–Crippen LogP) is 0.405. The number of aromatic nitrogens is 2. The molecule has 8 heteroatoms. The molecule has 1 aromatic rings. The lowest BCUT2D eigenvalue weighted by Gasteiger charge is -2.29.